The molecule has 0 aliphatic carbocycles. The lowest BCUT2D eigenvalue weighted by molar-refractivity contribution is 0.158. The largest absolute Gasteiger partial charge is 0.393 e. The van der Waals surface area contributed by atoms with Crippen LogP contribution >= 0.6 is 15.9 Å². The second-order valence-electron chi connectivity index (χ2n) is 3.73. The molecule has 1 N–H and O–H groups in total. The van der Waals surface area contributed by atoms with E-state index in [1.807, 2.05) is 13.0 Å². The van der Waals surface area contributed by atoms with Crippen molar-refractivity contribution in [2.75, 3.05) is 0 Å². The van der Waals surface area contributed by atoms with Crippen molar-refractivity contribution < 1.29 is 9.50 Å². The van der Waals surface area contributed by atoms with Gasteiger partial charge in [0.05, 0.1) is 6.10 Å². The van der Waals surface area contributed by atoms with Gasteiger partial charge in [0.15, 0.2) is 0 Å². The fourth-order valence-corrected chi connectivity index (χ4v) is 2.01. The molecule has 1 rings (SSSR count). The second-order valence-corrected chi connectivity index (χ2v) is 4.65. The summed E-state index contributed by atoms with van der Waals surface area (Å²) < 4.78 is 13.8. The molecule has 0 fully saturated rings. The first-order chi connectivity index (χ1) is 7.11. The standard InChI is InChI=1S/C12H16BrFO/c1-2-12(15)5-3-4-9-6-10(13)8-11(14)7-9/h6-8,12,15H,2-5H2,1H3. The van der Waals surface area contributed by atoms with E-state index in [0.717, 1.165) is 35.7 Å². The zero-order valence-corrected chi connectivity index (χ0v) is 10.4. The predicted molar refractivity (Wildman–Crippen MR) is 63.3 cm³/mol. The first-order valence-electron chi connectivity index (χ1n) is 5.25. The number of halogens is 2. The first kappa shape index (κ1) is 12.7. The average Bonchev–Trinajstić information content (AvgIpc) is 2.16. The van der Waals surface area contributed by atoms with E-state index in [1.54, 1.807) is 6.07 Å². The summed E-state index contributed by atoms with van der Waals surface area (Å²) in [6, 6.07) is 4.91. The number of hydrogen-bond acceptors (Lipinski definition) is 1. The maximum absolute atomic E-state index is 13.0. The van der Waals surface area contributed by atoms with Crippen LogP contribution in [0.4, 0.5) is 4.39 Å². The Bertz CT molecular complexity index is 294. The molecule has 84 valence electrons. The highest BCUT2D eigenvalue weighted by Gasteiger charge is 2.02. The number of aryl methyl sites for hydroxylation is 1. The Morgan fingerprint density at radius 2 is 2.13 bits per heavy atom. The third kappa shape index (κ3) is 4.76. The summed E-state index contributed by atoms with van der Waals surface area (Å²) >= 11 is 3.26. The minimum atomic E-state index is -0.220. The van der Waals surface area contributed by atoms with Gasteiger partial charge in [0, 0.05) is 4.47 Å². The Morgan fingerprint density at radius 3 is 2.73 bits per heavy atom. The minimum Gasteiger partial charge on any atom is -0.393 e. The van der Waals surface area contributed by atoms with Crippen LogP contribution in [0.1, 0.15) is 31.7 Å². The lowest BCUT2D eigenvalue weighted by Gasteiger charge is -2.07. The van der Waals surface area contributed by atoms with Gasteiger partial charge in [-0.3, -0.25) is 0 Å². The number of rotatable bonds is 5. The monoisotopic (exact) mass is 274 g/mol. The van der Waals surface area contributed by atoms with E-state index in [0.29, 0.717) is 0 Å². The Balaban J connectivity index is 2.43. The highest BCUT2D eigenvalue weighted by Crippen LogP contribution is 2.17. The van der Waals surface area contributed by atoms with Crippen molar-refractivity contribution in [3.8, 4) is 0 Å². The van der Waals surface area contributed by atoms with E-state index >= 15 is 0 Å². The minimum absolute atomic E-state index is 0.213. The van der Waals surface area contributed by atoms with Gasteiger partial charge in [-0.25, -0.2) is 4.39 Å². The van der Waals surface area contributed by atoms with Crippen molar-refractivity contribution >= 4 is 15.9 Å². The Hall–Kier alpha value is -0.410. The summed E-state index contributed by atoms with van der Waals surface area (Å²) in [5.41, 5.74) is 0.977. The van der Waals surface area contributed by atoms with Gasteiger partial charge in [0.2, 0.25) is 0 Å². The predicted octanol–water partition coefficient (Wildman–Crippen LogP) is 3.68. The normalized spacial score (nSPS) is 12.8. The summed E-state index contributed by atoms with van der Waals surface area (Å²) in [4.78, 5) is 0. The molecule has 0 aliphatic heterocycles. The molecule has 15 heavy (non-hydrogen) atoms. The topological polar surface area (TPSA) is 20.2 Å². The van der Waals surface area contributed by atoms with Gasteiger partial charge in [-0.15, -0.1) is 0 Å². The lowest BCUT2D eigenvalue weighted by Crippen LogP contribution is -2.04. The van der Waals surface area contributed by atoms with Gasteiger partial charge < -0.3 is 5.11 Å². The zero-order valence-electron chi connectivity index (χ0n) is 8.84. The summed E-state index contributed by atoms with van der Waals surface area (Å²) in [6.45, 7) is 1.96. The van der Waals surface area contributed by atoms with Gasteiger partial charge in [-0.05, 0) is 49.4 Å². The van der Waals surface area contributed by atoms with Crippen molar-refractivity contribution in [2.24, 2.45) is 0 Å². The van der Waals surface area contributed by atoms with Crippen LogP contribution in [0.3, 0.4) is 0 Å². The van der Waals surface area contributed by atoms with E-state index in [-0.39, 0.29) is 11.9 Å². The third-order valence-corrected chi connectivity index (χ3v) is 2.85. The molecule has 0 aromatic heterocycles. The average molecular weight is 275 g/mol. The molecule has 1 atom stereocenters. The van der Waals surface area contributed by atoms with Crippen LogP contribution < -0.4 is 0 Å². The van der Waals surface area contributed by atoms with Crippen LogP contribution in [-0.4, -0.2) is 11.2 Å². The SMILES string of the molecule is CCC(O)CCCc1cc(F)cc(Br)c1. The molecular formula is C12H16BrFO. The molecule has 0 heterocycles. The van der Waals surface area contributed by atoms with Crippen molar-refractivity contribution in [1.82, 2.24) is 0 Å². The van der Waals surface area contributed by atoms with Crippen LogP contribution in [0.5, 0.6) is 0 Å². The number of aliphatic hydroxyl groups excluding tert-OH is 1. The maximum Gasteiger partial charge on any atom is 0.124 e. The summed E-state index contributed by atoms with van der Waals surface area (Å²) in [5, 5.41) is 9.36. The van der Waals surface area contributed by atoms with Crippen molar-refractivity contribution in [2.45, 2.75) is 38.7 Å². The highest BCUT2D eigenvalue weighted by molar-refractivity contribution is 9.10. The first-order valence-corrected chi connectivity index (χ1v) is 6.04. The van der Waals surface area contributed by atoms with Crippen molar-refractivity contribution in [3.05, 3.63) is 34.1 Å². The van der Waals surface area contributed by atoms with Crippen LogP contribution in [0.2, 0.25) is 0 Å². The molecule has 3 heteroatoms. The molecule has 0 saturated carbocycles. The molecule has 0 aliphatic rings. The highest BCUT2D eigenvalue weighted by atomic mass is 79.9. The van der Waals surface area contributed by atoms with E-state index in [9.17, 15) is 9.50 Å². The van der Waals surface area contributed by atoms with E-state index in [1.165, 1.54) is 6.07 Å². The molecule has 1 unspecified atom stereocenters. The number of hydrogen-bond donors (Lipinski definition) is 1. The van der Waals surface area contributed by atoms with Crippen molar-refractivity contribution in [1.29, 1.82) is 0 Å². The molecule has 1 aromatic carbocycles. The van der Waals surface area contributed by atoms with Gasteiger partial charge in [-0.2, -0.15) is 0 Å². The fraction of sp³-hybridized carbons (Fsp3) is 0.500. The summed E-state index contributed by atoms with van der Waals surface area (Å²) in [6.07, 6.45) is 3.05. The molecule has 0 radical (unpaired) electrons. The number of aliphatic hydroxyl groups is 1. The van der Waals surface area contributed by atoms with Gasteiger partial charge >= 0.3 is 0 Å². The lowest BCUT2D eigenvalue weighted by atomic mass is 10.0. The Labute approximate surface area is 98.4 Å². The number of benzene rings is 1. The van der Waals surface area contributed by atoms with Crippen LogP contribution in [0, 0.1) is 5.82 Å². The summed E-state index contributed by atoms with van der Waals surface area (Å²) in [5.74, 6) is -0.213. The molecule has 0 bridgehead atoms. The molecule has 0 spiro atoms. The van der Waals surface area contributed by atoms with Crippen LogP contribution in [0.25, 0.3) is 0 Å². The zero-order chi connectivity index (χ0) is 11.3. The molecule has 1 nitrogen and oxygen atoms in total. The third-order valence-electron chi connectivity index (χ3n) is 2.40. The van der Waals surface area contributed by atoms with E-state index in [4.69, 9.17) is 0 Å². The van der Waals surface area contributed by atoms with Crippen molar-refractivity contribution in [3.63, 3.8) is 0 Å². The molecule has 0 saturated heterocycles. The van der Waals surface area contributed by atoms with E-state index < -0.39 is 0 Å². The fourth-order valence-electron chi connectivity index (χ4n) is 1.50. The quantitative estimate of drug-likeness (QED) is 0.869. The molecule has 0 amide bonds. The Morgan fingerprint density at radius 1 is 1.40 bits per heavy atom. The summed E-state index contributed by atoms with van der Waals surface area (Å²) in [7, 11) is 0. The molecular weight excluding hydrogens is 259 g/mol. The van der Waals surface area contributed by atoms with Crippen LogP contribution in [-0.2, 0) is 6.42 Å². The Kier molecular flexibility index (Phi) is 5.26. The maximum atomic E-state index is 13.0. The van der Waals surface area contributed by atoms with E-state index in [2.05, 4.69) is 15.9 Å². The molecule has 1 aromatic rings. The van der Waals surface area contributed by atoms with Gasteiger partial charge in [0.25, 0.3) is 0 Å². The van der Waals surface area contributed by atoms with Gasteiger partial charge in [0.1, 0.15) is 5.82 Å². The van der Waals surface area contributed by atoms with Crippen LogP contribution in [0.15, 0.2) is 22.7 Å². The van der Waals surface area contributed by atoms with Gasteiger partial charge in [-0.1, -0.05) is 22.9 Å². The second kappa shape index (κ2) is 6.23. The smallest absolute Gasteiger partial charge is 0.124 e.